The van der Waals surface area contributed by atoms with Crippen LogP contribution in [-0.2, 0) is 14.3 Å². The summed E-state index contributed by atoms with van der Waals surface area (Å²) in [6.45, 7) is 3.62. The fourth-order valence-corrected chi connectivity index (χ4v) is 9.32. The third kappa shape index (κ3) is 33.6. The van der Waals surface area contributed by atoms with Crippen LogP contribution in [0, 0.1) is 0 Å². The fourth-order valence-electron chi connectivity index (χ4n) is 9.32. The molecule has 1 amide bonds. The Morgan fingerprint density at radius 2 is 0.812 bits per heavy atom. The second-order valence-corrected chi connectivity index (χ2v) is 19.9. The summed E-state index contributed by atoms with van der Waals surface area (Å²) in [6, 6.07) is -0.985. The summed E-state index contributed by atoms with van der Waals surface area (Å²) >= 11 is 0. The molecule has 0 aromatic heterocycles. The van der Waals surface area contributed by atoms with E-state index in [-0.39, 0.29) is 18.9 Å². The van der Waals surface area contributed by atoms with Crippen LogP contribution in [0.4, 0.5) is 0 Å². The maximum Gasteiger partial charge on any atom is 0.220 e. The van der Waals surface area contributed by atoms with Crippen molar-refractivity contribution < 1.29 is 44.9 Å². The highest BCUT2D eigenvalue weighted by Gasteiger charge is 2.44. The molecule has 0 aromatic rings. The van der Waals surface area contributed by atoms with Crippen molar-refractivity contribution in [1.82, 2.24) is 5.32 Å². The topological polar surface area (TPSA) is 169 Å². The molecular formula is C54H107NO9. The Bertz CT molecular complexity index is 988. The maximum atomic E-state index is 13.0. The Labute approximate surface area is 394 Å². The molecule has 8 atom stereocenters. The third-order valence-corrected chi connectivity index (χ3v) is 13.8. The molecule has 382 valence electrons. The van der Waals surface area contributed by atoms with Gasteiger partial charge in [-0.25, -0.2) is 0 Å². The average molecular weight is 914 g/mol. The van der Waals surface area contributed by atoms with Gasteiger partial charge in [0.15, 0.2) is 6.29 Å². The van der Waals surface area contributed by atoms with Crippen molar-refractivity contribution in [3.8, 4) is 0 Å². The van der Waals surface area contributed by atoms with E-state index in [4.69, 9.17) is 9.47 Å². The largest absolute Gasteiger partial charge is 0.394 e. The zero-order chi connectivity index (χ0) is 46.7. The monoisotopic (exact) mass is 914 g/mol. The number of hydrogen-bond acceptors (Lipinski definition) is 9. The lowest BCUT2D eigenvalue weighted by Crippen LogP contribution is -2.60. The minimum Gasteiger partial charge on any atom is -0.394 e. The molecule has 1 rings (SSSR count). The van der Waals surface area contributed by atoms with Gasteiger partial charge in [0.1, 0.15) is 30.5 Å². The van der Waals surface area contributed by atoms with E-state index in [0.29, 0.717) is 6.42 Å². The van der Waals surface area contributed by atoms with Crippen molar-refractivity contribution >= 4 is 5.91 Å². The normalized spacial score (nSPS) is 20.4. The standard InChI is InChI=1S/C54H107NO9/c1-3-5-7-9-11-13-15-16-17-18-19-20-21-22-23-24-25-26-27-28-29-30-31-32-33-35-37-39-41-43-49(58)55-46(45-63-54-53(62)52(61)51(60)48(44-56)64-54)50(59)47(57)42-40-38-36-34-14-12-10-8-6-4-2/h46-48,50-54,56-57,59-62H,3-45H2,1-2H3,(H,55,58)/t46-,47+,48+,50-,51-,52?,53?,54+/m0/s1. The van der Waals surface area contributed by atoms with Crippen LogP contribution in [-0.4, -0.2) is 98.7 Å². The maximum absolute atomic E-state index is 13.0. The molecule has 2 unspecified atom stereocenters. The lowest BCUT2D eigenvalue weighted by molar-refractivity contribution is -0.303. The van der Waals surface area contributed by atoms with E-state index < -0.39 is 55.6 Å². The molecule has 1 fully saturated rings. The summed E-state index contributed by atoms with van der Waals surface area (Å²) in [6.07, 6.45) is 41.5. The zero-order valence-electron chi connectivity index (χ0n) is 41.9. The number of hydrogen-bond donors (Lipinski definition) is 7. The first-order valence-electron chi connectivity index (χ1n) is 27.8. The minimum atomic E-state index is -1.60. The number of carbonyl (C=O) groups is 1. The van der Waals surface area contributed by atoms with Crippen LogP contribution in [0.3, 0.4) is 0 Å². The fraction of sp³-hybridized carbons (Fsp3) is 0.981. The highest BCUT2D eigenvalue weighted by atomic mass is 16.7. The molecule has 10 nitrogen and oxygen atoms in total. The van der Waals surface area contributed by atoms with Gasteiger partial charge in [-0.3, -0.25) is 4.79 Å². The number of nitrogens with one attached hydrogen (secondary N) is 1. The molecule has 1 aliphatic rings. The summed E-state index contributed by atoms with van der Waals surface area (Å²) in [5.41, 5.74) is 0. The van der Waals surface area contributed by atoms with Gasteiger partial charge in [0, 0.05) is 6.42 Å². The number of carbonyl (C=O) groups excluding carboxylic acids is 1. The number of rotatable bonds is 48. The first-order chi connectivity index (χ1) is 31.3. The highest BCUT2D eigenvalue weighted by Crippen LogP contribution is 2.23. The van der Waals surface area contributed by atoms with Gasteiger partial charge in [-0.05, 0) is 12.8 Å². The van der Waals surface area contributed by atoms with Gasteiger partial charge in [-0.2, -0.15) is 0 Å². The first-order valence-corrected chi connectivity index (χ1v) is 27.8. The van der Waals surface area contributed by atoms with Crippen LogP contribution in [0.2, 0.25) is 0 Å². The van der Waals surface area contributed by atoms with Gasteiger partial charge >= 0.3 is 0 Å². The first kappa shape index (κ1) is 61.2. The average Bonchev–Trinajstić information content (AvgIpc) is 3.29. The van der Waals surface area contributed by atoms with Gasteiger partial charge < -0.3 is 45.4 Å². The van der Waals surface area contributed by atoms with E-state index in [0.717, 1.165) is 44.9 Å². The summed E-state index contributed by atoms with van der Waals surface area (Å²) in [5, 5.41) is 65.2. The van der Waals surface area contributed by atoms with Crippen LogP contribution in [0.25, 0.3) is 0 Å². The Morgan fingerprint density at radius 3 is 1.16 bits per heavy atom. The van der Waals surface area contributed by atoms with Crippen LogP contribution in [0.15, 0.2) is 0 Å². The highest BCUT2D eigenvalue weighted by molar-refractivity contribution is 5.76. The molecule has 7 N–H and O–H groups in total. The second kappa shape index (κ2) is 44.6. The number of ether oxygens (including phenoxy) is 2. The molecule has 1 saturated heterocycles. The molecular weight excluding hydrogens is 807 g/mol. The van der Waals surface area contributed by atoms with Crippen LogP contribution >= 0.6 is 0 Å². The van der Waals surface area contributed by atoms with E-state index in [1.807, 2.05) is 0 Å². The molecule has 0 radical (unpaired) electrons. The number of amides is 1. The van der Waals surface area contributed by atoms with Crippen molar-refractivity contribution in [2.75, 3.05) is 13.2 Å². The van der Waals surface area contributed by atoms with Crippen molar-refractivity contribution in [2.24, 2.45) is 0 Å². The molecule has 1 heterocycles. The van der Waals surface area contributed by atoms with Gasteiger partial charge in [-0.1, -0.05) is 258 Å². The SMILES string of the molecule is CCCCCCCCCCCCCCCCCCCCCCCCCCCCCCCC(=O)N[C@@H](CO[C@@H]1O[C@H](CO)[C@H](O)C(O)C1O)[C@H](O)[C@H](O)CCCCCCCCCCCC. The smallest absolute Gasteiger partial charge is 0.220 e. The summed E-state index contributed by atoms with van der Waals surface area (Å²) in [4.78, 5) is 13.0. The lowest BCUT2D eigenvalue weighted by atomic mass is 9.98. The second-order valence-electron chi connectivity index (χ2n) is 19.9. The van der Waals surface area contributed by atoms with Crippen LogP contribution in [0.1, 0.15) is 277 Å². The Kier molecular flexibility index (Phi) is 42.7. The van der Waals surface area contributed by atoms with Crippen molar-refractivity contribution in [3.05, 3.63) is 0 Å². The van der Waals surface area contributed by atoms with E-state index in [1.54, 1.807) is 0 Å². The van der Waals surface area contributed by atoms with Gasteiger partial charge in [0.2, 0.25) is 5.91 Å². The molecule has 0 spiro atoms. The van der Waals surface area contributed by atoms with Crippen molar-refractivity contribution in [2.45, 2.75) is 326 Å². The predicted molar refractivity (Wildman–Crippen MR) is 264 cm³/mol. The molecule has 0 bridgehead atoms. The van der Waals surface area contributed by atoms with E-state index in [2.05, 4.69) is 19.2 Å². The van der Waals surface area contributed by atoms with E-state index in [9.17, 15) is 35.4 Å². The lowest BCUT2D eigenvalue weighted by Gasteiger charge is -2.40. The minimum absolute atomic E-state index is 0.252. The summed E-state index contributed by atoms with van der Waals surface area (Å²) in [5.74, 6) is -0.252. The van der Waals surface area contributed by atoms with Crippen molar-refractivity contribution in [1.29, 1.82) is 0 Å². The predicted octanol–water partition coefficient (Wildman–Crippen LogP) is 12.0. The molecule has 0 aromatic carbocycles. The van der Waals surface area contributed by atoms with Gasteiger partial charge in [-0.15, -0.1) is 0 Å². The summed E-state index contributed by atoms with van der Waals surface area (Å²) < 4.78 is 11.2. The zero-order valence-corrected chi connectivity index (χ0v) is 41.9. The summed E-state index contributed by atoms with van der Waals surface area (Å²) in [7, 11) is 0. The number of aliphatic hydroxyl groups is 6. The molecule has 10 heteroatoms. The van der Waals surface area contributed by atoms with E-state index in [1.165, 1.54) is 205 Å². The number of aliphatic hydroxyl groups excluding tert-OH is 6. The Morgan fingerprint density at radius 1 is 0.484 bits per heavy atom. The Balaban J connectivity index is 2.15. The molecule has 64 heavy (non-hydrogen) atoms. The van der Waals surface area contributed by atoms with Crippen molar-refractivity contribution in [3.63, 3.8) is 0 Å². The quantitative estimate of drug-likeness (QED) is 0.0294. The number of unbranched alkanes of at least 4 members (excludes halogenated alkanes) is 37. The van der Waals surface area contributed by atoms with Crippen LogP contribution in [0.5, 0.6) is 0 Å². The third-order valence-electron chi connectivity index (χ3n) is 13.8. The van der Waals surface area contributed by atoms with Crippen LogP contribution < -0.4 is 5.32 Å². The van der Waals surface area contributed by atoms with Gasteiger partial charge in [0.05, 0.1) is 25.4 Å². The van der Waals surface area contributed by atoms with Gasteiger partial charge in [0.25, 0.3) is 0 Å². The molecule has 0 saturated carbocycles. The Hall–Kier alpha value is -0.850. The van der Waals surface area contributed by atoms with E-state index >= 15 is 0 Å². The molecule has 0 aliphatic carbocycles. The molecule has 1 aliphatic heterocycles.